The van der Waals surface area contributed by atoms with Crippen molar-refractivity contribution in [3.05, 3.63) is 29.7 Å². The van der Waals surface area contributed by atoms with Gasteiger partial charge in [-0.05, 0) is 38.3 Å². The van der Waals surface area contributed by atoms with E-state index >= 15 is 0 Å². The van der Waals surface area contributed by atoms with Gasteiger partial charge in [-0.15, -0.1) is 0 Å². The standard InChI is InChI=1S/C19H29N3O3/c1-4-7-13-24-14-9-11-20-19(23)17-15(5-2)21-18-16(25-6-3)10-8-12-22(17)18/h8,10,12H,4-7,9,11,13-14H2,1-3H3,(H,20,23). The summed E-state index contributed by atoms with van der Waals surface area (Å²) in [6.45, 7) is 8.69. The molecular formula is C19H29N3O3. The van der Waals surface area contributed by atoms with Crippen LogP contribution in [0.5, 0.6) is 5.75 Å². The lowest BCUT2D eigenvalue weighted by Gasteiger charge is -2.08. The average Bonchev–Trinajstić information content (AvgIpc) is 3.01. The Morgan fingerprint density at radius 3 is 2.76 bits per heavy atom. The van der Waals surface area contributed by atoms with Crippen molar-refractivity contribution in [2.24, 2.45) is 0 Å². The Bertz CT molecular complexity index is 682. The number of unbranched alkanes of at least 4 members (excludes halogenated alkanes) is 1. The molecule has 2 aromatic heterocycles. The number of carbonyl (C=O) groups excluding carboxylic acids is 1. The minimum atomic E-state index is -0.105. The minimum Gasteiger partial charge on any atom is -0.490 e. The normalized spacial score (nSPS) is 11.0. The maximum atomic E-state index is 12.7. The van der Waals surface area contributed by atoms with E-state index in [1.807, 2.05) is 36.6 Å². The molecule has 2 heterocycles. The highest BCUT2D eigenvalue weighted by Gasteiger charge is 2.19. The molecule has 6 heteroatoms. The fraction of sp³-hybridized carbons (Fsp3) is 0.579. The maximum Gasteiger partial charge on any atom is 0.270 e. The van der Waals surface area contributed by atoms with Crippen molar-refractivity contribution in [1.82, 2.24) is 14.7 Å². The summed E-state index contributed by atoms with van der Waals surface area (Å²) in [6.07, 6.45) is 5.56. The number of pyridine rings is 1. The van der Waals surface area contributed by atoms with E-state index in [0.717, 1.165) is 31.6 Å². The van der Waals surface area contributed by atoms with E-state index in [9.17, 15) is 4.79 Å². The molecule has 0 aromatic carbocycles. The molecule has 0 spiro atoms. The van der Waals surface area contributed by atoms with Gasteiger partial charge in [0.2, 0.25) is 0 Å². The molecule has 1 N–H and O–H groups in total. The van der Waals surface area contributed by atoms with E-state index < -0.39 is 0 Å². The molecule has 0 aliphatic heterocycles. The Morgan fingerprint density at radius 1 is 1.24 bits per heavy atom. The first-order valence-corrected chi connectivity index (χ1v) is 9.21. The van der Waals surface area contributed by atoms with Gasteiger partial charge in [-0.3, -0.25) is 9.20 Å². The zero-order chi connectivity index (χ0) is 18.1. The number of rotatable bonds is 11. The van der Waals surface area contributed by atoms with Gasteiger partial charge in [-0.2, -0.15) is 0 Å². The molecule has 0 fully saturated rings. The molecule has 0 saturated heterocycles. The van der Waals surface area contributed by atoms with Gasteiger partial charge in [-0.1, -0.05) is 20.3 Å². The van der Waals surface area contributed by atoms with Crippen molar-refractivity contribution in [2.45, 2.75) is 46.5 Å². The molecule has 1 amide bonds. The van der Waals surface area contributed by atoms with Crippen LogP contribution >= 0.6 is 0 Å². The third kappa shape index (κ3) is 4.95. The van der Waals surface area contributed by atoms with Crippen molar-refractivity contribution in [3.63, 3.8) is 0 Å². The molecule has 0 unspecified atom stereocenters. The Balaban J connectivity index is 2.03. The van der Waals surface area contributed by atoms with Crippen LogP contribution in [0.3, 0.4) is 0 Å². The molecule has 25 heavy (non-hydrogen) atoms. The number of fused-ring (bicyclic) bond motifs is 1. The highest BCUT2D eigenvalue weighted by atomic mass is 16.5. The molecular weight excluding hydrogens is 318 g/mol. The van der Waals surface area contributed by atoms with Crippen molar-refractivity contribution in [2.75, 3.05) is 26.4 Å². The summed E-state index contributed by atoms with van der Waals surface area (Å²) in [7, 11) is 0. The number of amides is 1. The van der Waals surface area contributed by atoms with Crippen LogP contribution in [0.4, 0.5) is 0 Å². The predicted octanol–water partition coefficient (Wildman–Crippen LogP) is 3.23. The van der Waals surface area contributed by atoms with Crippen LogP contribution in [0.15, 0.2) is 18.3 Å². The molecule has 2 rings (SSSR count). The third-order valence-electron chi connectivity index (χ3n) is 3.93. The lowest BCUT2D eigenvalue weighted by molar-refractivity contribution is 0.0933. The number of nitrogens with one attached hydrogen (secondary N) is 1. The monoisotopic (exact) mass is 347 g/mol. The van der Waals surface area contributed by atoms with Crippen molar-refractivity contribution in [3.8, 4) is 5.75 Å². The van der Waals surface area contributed by atoms with Gasteiger partial charge < -0.3 is 14.8 Å². The number of carbonyl (C=O) groups is 1. The zero-order valence-corrected chi connectivity index (χ0v) is 15.5. The van der Waals surface area contributed by atoms with Crippen molar-refractivity contribution >= 4 is 11.6 Å². The van der Waals surface area contributed by atoms with Gasteiger partial charge in [-0.25, -0.2) is 4.98 Å². The van der Waals surface area contributed by atoms with Gasteiger partial charge in [0.1, 0.15) is 5.69 Å². The number of hydrogen-bond acceptors (Lipinski definition) is 4. The molecule has 0 aliphatic rings. The Kier molecular flexibility index (Phi) is 7.73. The largest absolute Gasteiger partial charge is 0.490 e. The predicted molar refractivity (Wildman–Crippen MR) is 98.4 cm³/mol. The van der Waals surface area contributed by atoms with Gasteiger partial charge in [0.05, 0.1) is 12.3 Å². The molecule has 6 nitrogen and oxygen atoms in total. The average molecular weight is 347 g/mol. The third-order valence-corrected chi connectivity index (χ3v) is 3.93. The fourth-order valence-corrected chi connectivity index (χ4v) is 2.65. The van der Waals surface area contributed by atoms with E-state index in [0.29, 0.717) is 43.3 Å². The second kappa shape index (κ2) is 10.0. The lowest BCUT2D eigenvalue weighted by atomic mass is 10.2. The summed E-state index contributed by atoms with van der Waals surface area (Å²) >= 11 is 0. The maximum absolute atomic E-state index is 12.7. The van der Waals surface area contributed by atoms with E-state index in [4.69, 9.17) is 9.47 Å². The highest BCUT2D eigenvalue weighted by molar-refractivity contribution is 5.95. The summed E-state index contributed by atoms with van der Waals surface area (Å²) in [5, 5.41) is 2.97. The number of imidazole rings is 1. The molecule has 138 valence electrons. The summed E-state index contributed by atoms with van der Waals surface area (Å²) < 4.78 is 13.0. The Hall–Kier alpha value is -2.08. The van der Waals surface area contributed by atoms with Crippen molar-refractivity contribution in [1.29, 1.82) is 0 Å². The smallest absolute Gasteiger partial charge is 0.270 e. The number of hydrogen-bond donors (Lipinski definition) is 1. The first-order chi connectivity index (χ1) is 12.2. The second-order valence-corrected chi connectivity index (χ2v) is 5.84. The van der Waals surface area contributed by atoms with E-state index in [1.54, 1.807) is 0 Å². The van der Waals surface area contributed by atoms with E-state index in [1.165, 1.54) is 0 Å². The number of aromatic nitrogens is 2. The minimum absolute atomic E-state index is 0.105. The number of ether oxygens (including phenoxy) is 2. The van der Waals surface area contributed by atoms with Gasteiger partial charge in [0.25, 0.3) is 5.91 Å². The van der Waals surface area contributed by atoms with Gasteiger partial charge in [0, 0.05) is 26.0 Å². The molecule has 0 bridgehead atoms. The van der Waals surface area contributed by atoms with Gasteiger partial charge in [0.15, 0.2) is 11.4 Å². The Labute approximate surface area is 149 Å². The Morgan fingerprint density at radius 2 is 2.04 bits per heavy atom. The summed E-state index contributed by atoms with van der Waals surface area (Å²) in [4.78, 5) is 17.3. The fourth-order valence-electron chi connectivity index (χ4n) is 2.65. The molecule has 0 atom stereocenters. The zero-order valence-electron chi connectivity index (χ0n) is 15.5. The topological polar surface area (TPSA) is 64.9 Å². The molecule has 0 aliphatic carbocycles. The quantitative estimate of drug-likeness (QED) is 0.634. The summed E-state index contributed by atoms with van der Waals surface area (Å²) in [5.74, 6) is 0.592. The summed E-state index contributed by atoms with van der Waals surface area (Å²) in [5.41, 5.74) is 2.06. The second-order valence-electron chi connectivity index (χ2n) is 5.84. The van der Waals surface area contributed by atoms with Crippen LogP contribution < -0.4 is 10.1 Å². The first kappa shape index (κ1) is 19.2. The van der Waals surface area contributed by atoms with Crippen LogP contribution in [0.1, 0.15) is 56.2 Å². The van der Waals surface area contributed by atoms with Crippen LogP contribution in [0.2, 0.25) is 0 Å². The number of nitrogens with zero attached hydrogens (tertiary/aromatic N) is 2. The lowest BCUT2D eigenvalue weighted by Crippen LogP contribution is -2.27. The van der Waals surface area contributed by atoms with Crippen LogP contribution in [-0.4, -0.2) is 41.7 Å². The molecule has 0 saturated carbocycles. The first-order valence-electron chi connectivity index (χ1n) is 9.21. The van der Waals surface area contributed by atoms with Crippen molar-refractivity contribution < 1.29 is 14.3 Å². The SMILES string of the molecule is CCCCOCCCNC(=O)c1c(CC)nc2c(OCC)cccn12. The molecule has 2 aromatic rings. The van der Waals surface area contributed by atoms with Gasteiger partial charge >= 0.3 is 0 Å². The highest BCUT2D eigenvalue weighted by Crippen LogP contribution is 2.22. The number of aryl methyl sites for hydroxylation is 1. The summed E-state index contributed by atoms with van der Waals surface area (Å²) in [6, 6.07) is 3.75. The van der Waals surface area contributed by atoms with E-state index in [-0.39, 0.29) is 5.91 Å². The van der Waals surface area contributed by atoms with Crippen LogP contribution in [0, 0.1) is 0 Å². The van der Waals surface area contributed by atoms with E-state index in [2.05, 4.69) is 17.2 Å². The van der Waals surface area contributed by atoms with Crippen LogP contribution in [-0.2, 0) is 11.2 Å². The van der Waals surface area contributed by atoms with Crippen LogP contribution in [0.25, 0.3) is 5.65 Å². The molecule has 0 radical (unpaired) electrons.